The summed E-state index contributed by atoms with van der Waals surface area (Å²) in [5.41, 5.74) is 0.258. The Hall–Kier alpha value is -1.05. The van der Waals surface area contributed by atoms with Crippen molar-refractivity contribution in [3.05, 3.63) is 24.4 Å². The average Bonchev–Trinajstić information content (AvgIpc) is 2.56. The van der Waals surface area contributed by atoms with Gasteiger partial charge in [0, 0.05) is 6.20 Å². The molecule has 0 radical (unpaired) electrons. The molecule has 2 unspecified atom stereocenters. The predicted molar refractivity (Wildman–Crippen MR) is 44.4 cm³/mol. The highest BCUT2D eigenvalue weighted by Gasteiger charge is 2.58. The molecule has 0 aromatic heterocycles. The molecule has 0 N–H and O–H groups in total. The van der Waals surface area contributed by atoms with Gasteiger partial charge in [-0.15, -0.1) is 0 Å². The van der Waals surface area contributed by atoms with Gasteiger partial charge in [-0.3, -0.25) is 4.99 Å². The molecule has 0 saturated heterocycles. The van der Waals surface area contributed by atoms with Gasteiger partial charge in [-0.05, 0) is 25.5 Å². The van der Waals surface area contributed by atoms with Crippen LogP contribution in [0.4, 0.5) is 0 Å². The molecule has 2 heteroatoms. The van der Waals surface area contributed by atoms with Crippen LogP contribution in [0.2, 0.25) is 0 Å². The summed E-state index contributed by atoms with van der Waals surface area (Å²) in [6.45, 7) is 2.23. The first-order chi connectivity index (χ1) is 5.30. The van der Waals surface area contributed by atoms with Crippen LogP contribution in [0.15, 0.2) is 29.4 Å². The van der Waals surface area contributed by atoms with E-state index in [0.717, 1.165) is 5.84 Å². The lowest BCUT2D eigenvalue weighted by Gasteiger charge is -2.17. The molecule has 2 atom stereocenters. The number of rotatable bonds is 0. The lowest BCUT2D eigenvalue weighted by molar-refractivity contribution is 0.541. The zero-order chi connectivity index (χ0) is 7.47. The van der Waals surface area contributed by atoms with Crippen molar-refractivity contribution in [3.63, 3.8) is 0 Å². The molecule has 1 aliphatic carbocycles. The SMILES string of the molecule is CC12CC1N1C=CC=CC1=N2. The minimum absolute atomic E-state index is 0.258. The van der Waals surface area contributed by atoms with Crippen LogP contribution in [-0.4, -0.2) is 22.3 Å². The fourth-order valence-electron chi connectivity index (χ4n) is 1.92. The highest BCUT2D eigenvalue weighted by Crippen LogP contribution is 2.49. The number of fused-ring (bicyclic) bond motifs is 3. The van der Waals surface area contributed by atoms with Gasteiger partial charge in [0.1, 0.15) is 5.84 Å². The molecule has 0 spiro atoms. The normalized spacial score (nSPS) is 43.5. The molecular weight excluding hydrogens is 136 g/mol. The summed E-state index contributed by atoms with van der Waals surface area (Å²) in [6.07, 6.45) is 9.56. The lowest BCUT2D eigenvalue weighted by atomic mass is 10.3. The van der Waals surface area contributed by atoms with Crippen LogP contribution in [0.5, 0.6) is 0 Å². The van der Waals surface area contributed by atoms with Gasteiger partial charge in [-0.1, -0.05) is 6.08 Å². The third-order valence-electron chi connectivity index (χ3n) is 2.74. The van der Waals surface area contributed by atoms with Crippen molar-refractivity contribution in [1.29, 1.82) is 0 Å². The molecule has 2 nitrogen and oxygen atoms in total. The lowest BCUT2D eigenvalue weighted by Crippen LogP contribution is -2.24. The summed E-state index contributed by atoms with van der Waals surface area (Å²) in [6, 6.07) is 0.665. The molecule has 1 fully saturated rings. The molecule has 0 bridgehead atoms. The molecule has 56 valence electrons. The number of hydrogen-bond donors (Lipinski definition) is 0. The van der Waals surface area contributed by atoms with E-state index in [9.17, 15) is 0 Å². The van der Waals surface area contributed by atoms with Crippen LogP contribution in [0.25, 0.3) is 0 Å². The van der Waals surface area contributed by atoms with Crippen LogP contribution in [0.3, 0.4) is 0 Å². The molecule has 2 aliphatic heterocycles. The predicted octanol–water partition coefficient (Wildman–Crippen LogP) is 1.31. The Bertz CT molecular complexity index is 301. The van der Waals surface area contributed by atoms with E-state index in [0.29, 0.717) is 6.04 Å². The quantitative estimate of drug-likeness (QED) is 0.503. The number of amidine groups is 1. The van der Waals surface area contributed by atoms with Crippen molar-refractivity contribution >= 4 is 5.84 Å². The van der Waals surface area contributed by atoms with Crippen LogP contribution >= 0.6 is 0 Å². The van der Waals surface area contributed by atoms with Crippen molar-refractivity contribution in [2.75, 3.05) is 0 Å². The summed E-state index contributed by atoms with van der Waals surface area (Å²) < 4.78 is 0. The maximum atomic E-state index is 4.62. The number of aliphatic imine (C=N–C) groups is 1. The number of hydrogen-bond acceptors (Lipinski definition) is 2. The third-order valence-corrected chi connectivity index (χ3v) is 2.74. The van der Waals surface area contributed by atoms with Crippen LogP contribution < -0.4 is 0 Å². The van der Waals surface area contributed by atoms with Gasteiger partial charge in [0.05, 0.1) is 11.6 Å². The van der Waals surface area contributed by atoms with Crippen LogP contribution in [0.1, 0.15) is 13.3 Å². The van der Waals surface area contributed by atoms with Crippen molar-refractivity contribution in [3.8, 4) is 0 Å². The fraction of sp³-hybridized carbons (Fsp3) is 0.444. The van der Waals surface area contributed by atoms with Gasteiger partial charge < -0.3 is 4.90 Å². The summed E-state index contributed by atoms with van der Waals surface area (Å²) in [4.78, 5) is 6.90. The van der Waals surface area contributed by atoms with Crippen LogP contribution in [-0.2, 0) is 0 Å². The molecule has 0 aromatic rings. The van der Waals surface area contributed by atoms with E-state index >= 15 is 0 Å². The highest BCUT2D eigenvalue weighted by molar-refractivity contribution is 5.98. The summed E-state index contributed by atoms with van der Waals surface area (Å²) in [7, 11) is 0. The van der Waals surface area contributed by atoms with E-state index in [-0.39, 0.29) is 5.54 Å². The van der Waals surface area contributed by atoms with Gasteiger partial charge in [-0.2, -0.15) is 0 Å². The van der Waals surface area contributed by atoms with Crippen molar-refractivity contribution in [2.24, 2.45) is 4.99 Å². The maximum Gasteiger partial charge on any atom is 0.128 e. The minimum atomic E-state index is 0.258. The van der Waals surface area contributed by atoms with Gasteiger partial charge in [0.2, 0.25) is 0 Å². The Labute approximate surface area is 65.9 Å². The topological polar surface area (TPSA) is 15.6 Å². The van der Waals surface area contributed by atoms with Crippen molar-refractivity contribution in [1.82, 2.24) is 4.90 Å². The van der Waals surface area contributed by atoms with Gasteiger partial charge >= 0.3 is 0 Å². The third kappa shape index (κ3) is 0.553. The molecule has 2 heterocycles. The first-order valence-electron chi connectivity index (χ1n) is 4.03. The maximum absolute atomic E-state index is 4.62. The Balaban J connectivity index is 2.09. The zero-order valence-electron chi connectivity index (χ0n) is 6.49. The number of allylic oxidation sites excluding steroid dienone is 2. The average molecular weight is 146 g/mol. The summed E-state index contributed by atoms with van der Waals surface area (Å²) >= 11 is 0. The summed E-state index contributed by atoms with van der Waals surface area (Å²) in [5.74, 6) is 1.14. The number of nitrogens with zero attached hydrogens (tertiary/aromatic N) is 2. The van der Waals surface area contributed by atoms with E-state index < -0.39 is 0 Å². The Morgan fingerprint density at radius 3 is 3.36 bits per heavy atom. The smallest absolute Gasteiger partial charge is 0.128 e. The molecule has 1 saturated carbocycles. The zero-order valence-corrected chi connectivity index (χ0v) is 6.49. The van der Waals surface area contributed by atoms with E-state index in [1.165, 1.54) is 6.42 Å². The second-order valence-electron chi connectivity index (χ2n) is 3.66. The van der Waals surface area contributed by atoms with Crippen molar-refractivity contribution in [2.45, 2.75) is 24.9 Å². The van der Waals surface area contributed by atoms with Crippen LogP contribution in [0, 0.1) is 0 Å². The second kappa shape index (κ2) is 1.42. The molecule has 3 rings (SSSR count). The fourth-order valence-corrected chi connectivity index (χ4v) is 1.92. The van der Waals surface area contributed by atoms with Gasteiger partial charge in [-0.25, -0.2) is 0 Å². The minimum Gasteiger partial charge on any atom is -0.328 e. The van der Waals surface area contributed by atoms with Crippen molar-refractivity contribution < 1.29 is 0 Å². The first-order valence-corrected chi connectivity index (χ1v) is 4.03. The van der Waals surface area contributed by atoms with Gasteiger partial charge in [0.25, 0.3) is 0 Å². The van der Waals surface area contributed by atoms with E-state index in [1.807, 2.05) is 6.08 Å². The van der Waals surface area contributed by atoms with E-state index in [1.54, 1.807) is 0 Å². The Morgan fingerprint density at radius 2 is 2.55 bits per heavy atom. The standard InChI is InChI=1S/C9H10N2/c1-9-6-7(9)11-5-3-2-4-8(11)10-9/h2-5,7H,6H2,1H3. The molecule has 0 amide bonds. The summed E-state index contributed by atoms with van der Waals surface area (Å²) in [5, 5.41) is 0. The van der Waals surface area contributed by atoms with Gasteiger partial charge in [0.15, 0.2) is 0 Å². The molecule has 3 aliphatic rings. The molecular formula is C9H10N2. The Morgan fingerprint density at radius 1 is 1.64 bits per heavy atom. The van der Waals surface area contributed by atoms with E-state index in [2.05, 4.69) is 35.2 Å². The van der Waals surface area contributed by atoms with E-state index in [4.69, 9.17) is 0 Å². The first kappa shape index (κ1) is 5.58. The largest absolute Gasteiger partial charge is 0.328 e. The Kier molecular flexibility index (Phi) is 0.721. The monoisotopic (exact) mass is 146 g/mol. The molecule has 0 aromatic carbocycles. The second-order valence-corrected chi connectivity index (χ2v) is 3.66. The molecule has 11 heavy (non-hydrogen) atoms. The highest BCUT2D eigenvalue weighted by atomic mass is 15.3.